The van der Waals surface area contributed by atoms with Crippen molar-refractivity contribution in [2.24, 2.45) is 0 Å². The Kier molecular flexibility index (Phi) is 9.56. The van der Waals surface area contributed by atoms with Crippen LogP contribution in [0.4, 0.5) is 0 Å². The van der Waals surface area contributed by atoms with Crippen molar-refractivity contribution in [3.63, 3.8) is 0 Å². The zero-order valence-electron chi connectivity index (χ0n) is 24.2. The maximum atomic E-state index is 9.74. The van der Waals surface area contributed by atoms with Gasteiger partial charge in [-0.15, -0.1) is 0 Å². The zero-order valence-corrected chi connectivity index (χ0v) is 27.8. The fourth-order valence-electron chi connectivity index (χ4n) is 4.81. The molecule has 0 aliphatic carbocycles. The van der Waals surface area contributed by atoms with Gasteiger partial charge in [0.25, 0.3) is 0 Å². The van der Waals surface area contributed by atoms with Crippen LogP contribution in [-0.2, 0) is 25.3 Å². The average molecular weight is 674 g/mol. The van der Waals surface area contributed by atoms with Gasteiger partial charge in [-0.2, -0.15) is 0 Å². The first-order valence-corrected chi connectivity index (χ1v) is 24.9. The summed E-state index contributed by atoms with van der Waals surface area (Å²) in [6.07, 6.45) is 3.08. The minimum absolute atomic E-state index is 0.0364. The first-order chi connectivity index (χ1) is 19.9. The van der Waals surface area contributed by atoms with Crippen LogP contribution >= 0.6 is 11.8 Å². The average Bonchev–Trinajstić information content (AvgIpc) is 3.63. The van der Waals surface area contributed by atoms with Gasteiger partial charge < -0.3 is 5.11 Å². The molecule has 0 amide bonds. The van der Waals surface area contributed by atoms with E-state index in [1.165, 1.54) is 5.56 Å². The molecule has 0 aliphatic rings. The second-order valence-electron chi connectivity index (χ2n) is 11.1. The van der Waals surface area contributed by atoms with Crippen LogP contribution in [0.5, 0.6) is 0 Å². The molecule has 0 atom stereocenters. The molecule has 2 aromatic heterocycles. The van der Waals surface area contributed by atoms with Gasteiger partial charge in [-0.3, -0.25) is 0 Å². The quantitative estimate of drug-likeness (QED) is 0.120. The Morgan fingerprint density at radius 3 is 2.24 bits per heavy atom. The van der Waals surface area contributed by atoms with Crippen molar-refractivity contribution < 1.29 is 5.11 Å². The number of rotatable bonds is 12. The molecule has 1 N–H and O–H groups in total. The Morgan fingerprint density at radius 1 is 0.829 bits per heavy atom. The summed E-state index contributed by atoms with van der Waals surface area (Å²) in [4.78, 5) is 6.93. The van der Waals surface area contributed by atoms with Crippen LogP contribution in [0.3, 0.4) is 0 Å². The van der Waals surface area contributed by atoms with E-state index in [0.29, 0.717) is 6.54 Å². The third-order valence-electron chi connectivity index (χ3n) is 7.07. The van der Waals surface area contributed by atoms with Gasteiger partial charge in [-0.1, -0.05) is 37.6 Å². The summed E-state index contributed by atoms with van der Waals surface area (Å²) >= 11 is -0.903. The number of thioether (sulfide) groups is 1. The monoisotopic (exact) mass is 675 g/mol. The minimum atomic E-state index is -2.57. The molecule has 0 fully saturated rings. The van der Waals surface area contributed by atoms with Crippen molar-refractivity contribution in [2.75, 3.05) is 0 Å². The number of aryl methyl sites for hydroxylation is 1. The Bertz CT molecular complexity index is 1590. The van der Waals surface area contributed by atoms with E-state index in [0.717, 1.165) is 69.6 Å². The molecular weight excluding hydrogens is 637 g/mol. The molecular formula is C31H37N7OSSn. The molecule has 5 rings (SSSR count). The van der Waals surface area contributed by atoms with Gasteiger partial charge in [0.05, 0.1) is 6.61 Å². The van der Waals surface area contributed by atoms with E-state index in [9.17, 15) is 5.11 Å². The third kappa shape index (κ3) is 6.90. The standard InChI is InChI=1S/C28H28N7OS.3CH3.Sn/c1-2-3-12-26-29-32-28(37-19-23-9-5-4-8-22(23)18-36)35(26)17-20-13-15-21(16-14-20)24-10-6-7-11-25(24)27-30-33-34-31-27;;;;/h4-11,13-16,36H,2-3,12,17-19H2,1H3;3*1H3;/q-1;;;;+1. The molecule has 5 aromatic rings. The van der Waals surface area contributed by atoms with E-state index < -0.39 is 18.7 Å². The van der Waals surface area contributed by atoms with E-state index in [1.807, 2.05) is 24.3 Å². The van der Waals surface area contributed by atoms with Crippen molar-refractivity contribution in [3.8, 4) is 22.5 Å². The molecule has 0 radical (unpaired) electrons. The summed E-state index contributed by atoms with van der Waals surface area (Å²) in [6, 6.07) is 25.1. The molecule has 0 saturated carbocycles. The number of aliphatic hydroxyl groups is 1. The number of unbranched alkanes of at least 4 members (excludes halogenated alkanes) is 1. The van der Waals surface area contributed by atoms with Crippen LogP contribution in [0.1, 0.15) is 42.3 Å². The van der Waals surface area contributed by atoms with Crippen molar-refractivity contribution in [2.45, 2.75) is 65.1 Å². The van der Waals surface area contributed by atoms with Gasteiger partial charge in [-0.25, -0.2) is 0 Å². The Balaban J connectivity index is 1.40. The van der Waals surface area contributed by atoms with E-state index >= 15 is 0 Å². The van der Waals surface area contributed by atoms with Crippen LogP contribution in [0, 0.1) is 0 Å². The number of benzene rings is 3. The zero-order chi connectivity index (χ0) is 28.8. The fraction of sp³-hybridized carbons (Fsp3) is 0.323. The molecule has 41 heavy (non-hydrogen) atoms. The van der Waals surface area contributed by atoms with Gasteiger partial charge in [-0.05, 0) is 17.5 Å². The van der Waals surface area contributed by atoms with Crippen LogP contribution in [-0.4, -0.2) is 57.0 Å². The molecule has 3 aromatic carbocycles. The molecule has 2 heterocycles. The van der Waals surface area contributed by atoms with Crippen LogP contribution in [0.15, 0.2) is 78.0 Å². The first kappa shape index (κ1) is 29.5. The number of nitrogens with zero attached hydrogens (tertiary/aromatic N) is 7. The summed E-state index contributed by atoms with van der Waals surface area (Å²) in [6.45, 7) is 2.94. The van der Waals surface area contributed by atoms with Gasteiger partial charge in [0.2, 0.25) is 0 Å². The van der Waals surface area contributed by atoms with E-state index in [2.05, 4.69) is 103 Å². The van der Waals surface area contributed by atoms with Crippen molar-refractivity contribution in [1.82, 2.24) is 33.2 Å². The van der Waals surface area contributed by atoms with Gasteiger partial charge in [0.1, 0.15) is 0 Å². The summed E-state index contributed by atoms with van der Waals surface area (Å²) in [5.41, 5.74) is 6.57. The Morgan fingerprint density at radius 2 is 1.54 bits per heavy atom. The predicted molar refractivity (Wildman–Crippen MR) is 167 cm³/mol. The Hall–Kier alpha value is -3.02. The molecule has 0 bridgehead atoms. The molecule has 0 unspecified atom stereocenters. The van der Waals surface area contributed by atoms with Crippen LogP contribution in [0.25, 0.3) is 22.5 Å². The summed E-state index contributed by atoms with van der Waals surface area (Å²) < 4.78 is 4.33. The molecule has 10 heteroatoms. The maximum absolute atomic E-state index is 9.74. The number of aliphatic hydroxyl groups excluding tert-OH is 1. The first-order valence-electron chi connectivity index (χ1n) is 14.1. The normalized spacial score (nSPS) is 11.7. The van der Waals surface area contributed by atoms with Crippen molar-refractivity contribution in [3.05, 3.63) is 95.3 Å². The molecule has 0 spiro atoms. The van der Waals surface area contributed by atoms with E-state index in [4.69, 9.17) is 0 Å². The molecule has 0 saturated heterocycles. The second kappa shape index (κ2) is 13.3. The number of hydrogen-bond donors (Lipinski definition) is 1. The van der Waals surface area contributed by atoms with Crippen LogP contribution < -0.4 is 0 Å². The molecule has 212 valence electrons. The third-order valence-corrected chi connectivity index (χ3v) is 12.6. The fourth-order valence-corrected chi connectivity index (χ4v) is 8.96. The number of tetrazole rings is 1. The Labute approximate surface area is 250 Å². The van der Waals surface area contributed by atoms with Crippen molar-refractivity contribution in [1.29, 1.82) is 0 Å². The SMILES string of the molecule is CCCCc1nnc(SCc2ccccc2CO)n1Cc1ccc(-c2ccccc2-c2nnn[n]2[Sn]([CH3])([CH3])[CH3])cc1. The van der Waals surface area contributed by atoms with Gasteiger partial charge in [0.15, 0.2) is 0 Å². The van der Waals surface area contributed by atoms with Crippen LogP contribution in [0.2, 0.25) is 14.8 Å². The van der Waals surface area contributed by atoms with Gasteiger partial charge in [0, 0.05) is 5.75 Å². The topological polar surface area (TPSA) is 94.5 Å². The van der Waals surface area contributed by atoms with E-state index in [-0.39, 0.29) is 6.61 Å². The summed E-state index contributed by atoms with van der Waals surface area (Å²) in [7, 11) is 0. The second-order valence-corrected chi connectivity index (χ2v) is 25.7. The number of hydrogen-bond acceptors (Lipinski definition) is 7. The molecule has 0 aliphatic heterocycles. The number of aromatic nitrogens is 7. The molecule has 8 nitrogen and oxygen atoms in total. The summed E-state index contributed by atoms with van der Waals surface area (Å²) in [5, 5.41) is 32.6. The van der Waals surface area contributed by atoms with Crippen molar-refractivity contribution >= 4 is 30.4 Å². The van der Waals surface area contributed by atoms with Gasteiger partial charge >= 0.3 is 179 Å². The predicted octanol–water partition coefficient (Wildman–Crippen LogP) is 6.46. The summed E-state index contributed by atoms with van der Waals surface area (Å²) in [5.74, 6) is 2.60. The van der Waals surface area contributed by atoms with E-state index in [1.54, 1.807) is 11.8 Å².